The predicted octanol–water partition coefficient (Wildman–Crippen LogP) is 6.53. The van der Waals surface area contributed by atoms with Crippen LogP contribution in [-0.2, 0) is 4.74 Å². The Balaban J connectivity index is 0.00000189. The molecule has 0 unspecified atom stereocenters. The number of pyridine rings is 2. The van der Waals surface area contributed by atoms with Crippen molar-refractivity contribution < 1.29 is 13.9 Å². The lowest BCUT2D eigenvalue weighted by Crippen LogP contribution is -2.42. The summed E-state index contributed by atoms with van der Waals surface area (Å²) in [5.74, 6) is -0.442. The summed E-state index contributed by atoms with van der Waals surface area (Å²) < 4.78 is 23.4. The van der Waals surface area contributed by atoms with Gasteiger partial charge in [-0.05, 0) is 64.7 Å². The number of halogens is 1. The average molecular weight is 579 g/mol. The molecule has 1 saturated carbocycles. The number of amides is 1. The minimum Gasteiger partial charge on any atom is -0.444 e. The van der Waals surface area contributed by atoms with Crippen LogP contribution in [0.15, 0.2) is 52.9 Å². The average Bonchev–Trinajstić information content (AvgIpc) is 3.62. The first-order chi connectivity index (χ1) is 19.6. The molecule has 0 N–H and O–H groups in total. The Hall–Kier alpha value is -3.98. The molecule has 1 aliphatic rings. The standard InChI is InChI=1S/C27H29FN8O2S.C2H6/c1-27(2,3)38-26(37)34(4)19-7-9-20(10-8-19)35-16-22(32-33-35)17-12-23(39-25-21(28)6-5-11-30-25)24-18(13-29)14-31-36(24)15-17;1-2/h5-6,11-12,14-16,19-20H,7-10H2,1-4H3;1-2H3. The summed E-state index contributed by atoms with van der Waals surface area (Å²) in [5, 5.41) is 22.9. The highest BCUT2D eigenvalue weighted by atomic mass is 32.2. The zero-order chi connectivity index (χ0) is 29.7. The van der Waals surface area contributed by atoms with Gasteiger partial charge in [0.1, 0.15) is 22.4 Å². The van der Waals surface area contributed by atoms with E-state index in [4.69, 9.17) is 4.74 Å². The van der Waals surface area contributed by atoms with Crippen LogP contribution < -0.4 is 0 Å². The number of carbonyl (C=O) groups excluding carboxylic acids is 1. The maximum Gasteiger partial charge on any atom is 0.410 e. The Morgan fingerprint density at radius 2 is 1.95 bits per heavy atom. The summed E-state index contributed by atoms with van der Waals surface area (Å²) in [4.78, 5) is 19.0. The summed E-state index contributed by atoms with van der Waals surface area (Å²) in [5.41, 5.74) is 1.81. The van der Waals surface area contributed by atoms with Crippen LogP contribution in [0.5, 0.6) is 0 Å². The third kappa shape index (κ3) is 6.85. The highest BCUT2D eigenvalue weighted by molar-refractivity contribution is 7.99. The Labute approximate surface area is 243 Å². The van der Waals surface area contributed by atoms with E-state index in [2.05, 4.69) is 26.5 Å². The molecule has 0 bridgehead atoms. The minimum absolute atomic E-state index is 0.113. The maximum absolute atomic E-state index is 14.4. The van der Waals surface area contributed by atoms with Gasteiger partial charge < -0.3 is 9.64 Å². The number of carbonyl (C=O) groups is 1. The molecule has 0 spiro atoms. The van der Waals surface area contributed by atoms with E-state index in [1.54, 1.807) is 22.7 Å². The van der Waals surface area contributed by atoms with E-state index in [0.717, 1.165) is 43.0 Å². The normalized spacial score (nSPS) is 16.9. The van der Waals surface area contributed by atoms with Crippen LogP contribution in [-0.4, -0.2) is 59.3 Å². The molecule has 1 fully saturated rings. The third-order valence-corrected chi connectivity index (χ3v) is 7.73. The molecule has 41 heavy (non-hydrogen) atoms. The fourth-order valence-corrected chi connectivity index (χ4v) is 5.69. The van der Waals surface area contributed by atoms with Gasteiger partial charge in [-0.3, -0.25) is 0 Å². The van der Waals surface area contributed by atoms with Crippen LogP contribution in [0.3, 0.4) is 0 Å². The fraction of sp³-hybridized carbons (Fsp3) is 0.448. The van der Waals surface area contributed by atoms with Crippen LogP contribution in [0, 0.1) is 17.1 Å². The van der Waals surface area contributed by atoms with Crippen molar-refractivity contribution in [2.45, 2.75) is 87.9 Å². The second kappa shape index (κ2) is 12.7. The van der Waals surface area contributed by atoms with Crippen molar-refractivity contribution in [1.82, 2.24) is 34.5 Å². The summed E-state index contributed by atoms with van der Waals surface area (Å²) >= 11 is 1.13. The molecule has 0 aromatic carbocycles. The Bertz CT molecular complexity index is 1550. The van der Waals surface area contributed by atoms with E-state index >= 15 is 0 Å². The second-order valence-corrected chi connectivity index (χ2v) is 11.6. The molecule has 0 aliphatic heterocycles. The van der Waals surface area contributed by atoms with Crippen molar-refractivity contribution in [3.63, 3.8) is 0 Å². The fourth-order valence-electron chi connectivity index (χ4n) is 4.72. The topological polar surface area (TPSA) is 114 Å². The van der Waals surface area contributed by atoms with E-state index in [1.807, 2.05) is 51.6 Å². The molecule has 5 rings (SSSR count). The SMILES string of the molecule is CC.CN(C(=O)OC(C)(C)C)C1CCC(n2cc(-c3cc(Sc4ncccc4F)c4c(C#N)cnn4c3)nn2)CC1. The molecule has 10 nitrogen and oxygen atoms in total. The first-order valence-corrected chi connectivity index (χ1v) is 14.5. The molecule has 1 amide bonds. The van der Waals surface area contributed by atoms with Crippen molar-refractivity contribution in [2.75, 3.05) is 7.05 Å². The molecule has 4 heterocycles. The van der Waals surface area contributed by atoms with Gasteiger partial charge in [-0.15, -0.1) is 5.10 Å². The second-order valence-electron chi connectivity index (χ2n) is 10.6. The molecule has 4 aromatic rings. The van der Waals surface area contributed by atoms with E-state index in [1.165, 1.54) is 24.5 Å². The lowest BCUT2D eigenvalue weighted by atomic mass is 9.90. The van der Waals surface area contributed by atoms with Gasteiger partial charge in [0.15, 0.2) is 5.82 Å². The number of ether oxygens (including phenoxy) is 1. The molecular formula is C29H35FN8O2S. The first-order valence-electron chi connectivity index (χ1n) is 13.7. The molecule has 216 valence electrons. The van der Waals surface area contributed by atoms with Crippen LogP contribution in [0.4, 0.5) is 9.18 Å². The van der Waals surface area contributed by atoms with Crippen LogP contribution in [0.25, 0.3) is 16.8 Å². The van der Waals surface area contributed by atoms with Gasteiger partial charge >= 0.3 is 6.09 Å². The Morgan fingerprint density at radius 3 is 2.61 bits per heavy atom. The number of aromatic nitrogens is 6. The number of rotatable bonds is 5. The van der Waals surface area contributed by atoms with Crippen molar-refractivity contribution in [1.29, 1.82) is 5.26 Å². The van der Waals surface area contributed by atoms with Gasteiger partial charge in [-0.2, -0.15) is 10.4 Å². The van der Waals surface area contributed by atoms with E-state index < -0.39 is 11.4 Å². The summed E-state index contributed by atoms with van der Waals surface area (Å²) in [6.07, 6.45) is 9.77. The summed E-state index contributed by atoms with van der Waals surface area (Å²) in [6, 6.07) is 7.16. The maximum atomic E-state index is 14.4. The number of nitriles is 1. The van der Waals surface area contributed by atoms with Crippen LogP contribution in [0.1, 0.15) is 71.9 Å². The van der Waals surface area contributed by atoms with Crippen molar-refractivity contribution in [2.24, 2.45) is 0 Å². The number of hydrogen-bond acceptors (Lipinski definition) is 8. The van der Waals surface area contributed by atoms with Crippen LogP contribution in [0.2, 0.25) is 0 Å². The van der Waals surface area contributed by atoms with E-state index in [0.29, 0.717) is 21.7 Å². The Morgan fingerprint density at radius 1 is 1.22 bits per heavy atom. The highest BCUT2D eigenvalue weighted by Gasteiger charge is 2.30. The molecule has 0 radical (unpaired) electrons. The quantitative estimate of drug-likeness (QED) is 0.263. The molecule has 4 aromatic heterocycles. The lowest BCUT2D eigenvalue weighted by Gasteiger charge is -2.35. The Kier molecular flexibility index (Phi) is 9.28. The van der Waals surface area contributed by atoms with E-state index in [-0.39, 0.29) is 23.2 Å². The minimum atomic E-state index is -0.529. The number of nitrogens with zero attached hydrogens (tertiary/aromatic N) is 8. The zero-order valence-corrected chi connectivity index (χ0v) is 25.0. The third-order valence-electron chi connectivity index (χ3n) is 6.70. The van der Waals surface area contributed by atoms with Crippen molar-refractivity contribution >= 4 is 23.4 Å². The summed E-state index contributed by atoms with van der Waals surface area (Å²) in [6.45, 7) is 9.59. The summed E-state index contributed by atoms with van der Waals surface area (Å²) in [7, 11) is 1.79. The molecule has 0 saturated heterocycles. The largest absolute Gasteiger partial charge is 0.444 e. The molecule has 0 atom stereocenters. The molecule has 1 aliphatic carbocycles. The van der Waals surface area contributed by atoms with Gasteiger partial charge in [-0.25, -0.2) is 23.4 Å². The predicted molar refractivity (Wildman–Crippen MR) is 154 cm³/mol. The van der Waals surface area contributed by atoms with Gasteiger partial charge in [-0.1, -0.05) is 30.8 Å². The lowest BCUT2D eigenvalue weighted by molar-refractivity contribution is 0.0172. The zero-order valence-electron chi connectivity index (χ0n) is 24.2. The van der Waals surface area contributed by atoms with Crippen LogP contribution >= 0.6 is 11.8 Å². The van der Waals surface area contributed by atoms with Gasteiger partial charge in [0.05, 0.1) is 29.5 Å². The molecular weight excluding hydrogens is 543 g/mol. The number of hydrogen-bond donors (Lipinski definition) is 0. The van der Waals surface area contributed by atoms with Gasteiger partial charge in [0.2, 0.25) is 0 Å². The van der Waals surface area contributed by atoms with Crippen molar-refractivity contribution in [3.05, 3.63) is 54.4 Å². The monoisotopic (exact) mass is 578 g/mol. The highest BCUT2D eigenvalue weighted by Crippen LogP contribution is 2.36. The van der Waals surface area contributed by atoms with Gasteiger partial charge in [0.25, 0.3) is 0 Å². The molecule has 12 heteroatoms. The van der Waals surface area contributed by atoms with Gasteiger partial charge in [0, 0.05) is 35.9 Å². The van der Waals surface area contributed by atoms with E-state index in [9.17, 15) is 14.4 Å². The van der Waals surface area contributed by atoms with Crippen molar-refractivity contribution in [3.8, 4) is 17.3 Å². The first kappa shape index (κ1) is 30.0. The smallest absolute Gasteiger partial charge is 0.410 e. The number of fused-ring (bicyclic) bond motifs is 1.